The third kappa shape index (κ3) is 3.55. The summed E-state index contributed by atoms with van der Waals surface area (Å²) < 4.78 is 1.55. The zero-order chi connectivity index (χ0) is 19.8. The van der Waals surface area contributed by atoms with Gasteiger partial charge in [0.05, 0.1) is 23.8 Å². The summed E-state index contributed by atoms with van der Waals surface area (Å²) in [5.41, 5.74) is 3.28. The van der Waals surface area contributed by atoms with E-state index in [9.17, 15) is 9.59 Å². The molecule has 0 N–H and O–H groups in total. The first-order valence-corrected chi connectivity index (χ1v) is 11.2. The molecule has 1 atom stereocenters. The number of nitrogens with zero attached hydrogens (tertiary/aromatic N) is 4. The fourth-order valence-electron chi connectivity index (χ4n) is 4.21. The average Bonchev–Trinajstić information content (AvgIpc) is 3.21. The highest BCUT2D eigenvalue weighted by Gasteiger charge is 2.31. The van der Waals surface area contributed by atoms with Crippen LogP contribution in [0.2, 0.25) is 0 Å². The summed E-state index contributed by atoms with van der Waals surface area (Å²) in [6, 6.07) is 13.2. The number of aryl methyl sites for hydroxylation is 1. The van der Waals surface area contributed by atoms with E-state index in [-0.39, 0.29) is 17.5 Å². The van der Waals surface area contributed by atoms with Crippen LogP contribution in [0.1, 0.15) is 34.6 Å². The third-order valence-corrected chi connectivity index (χ3v) is 6.75. The van der Waals surface area contributed by atoms with E-state index in [1.54, 1.807) is 16.8 Å². The lowest BCUT2D eigenvalue weighted by Crippen LogP contribution is -2.41. The average molecular weight is 407 g/mol. The van der Waals surface area contributed by atoms with Crippen molar-refractivity contribution in [3.63, 3.8) is 0 Å². The lowest BCUT2D eigenvalue weighted by atomic mass is 10.1. The van der Waals surface area contributed by atoms with Crippen LogP contribution >= 0.6 is 11.8 Å². The number of hydrogen-bond acceptors (Lipinski definition) is 5. The van der Waals surface area contributed by atoms with E-state index in [1.165, 1.54) is 0 Å². The number of thioether (sulfide) groups is 1. The molecule has 7 heteroatoms. The topological polar surface area (TPSA) is 68.1 Å². The maximum absolute atomic E-state index is 13.2. The molecule has 0 aliphatic carbocycles. The standard InChI is InChI=1S/C22H22N4O2S/c27-21-12-16-14-29-11-9-19(16)24-26(21)13-17-5-3-10-25(17)22(28)20-8-7-15-4-1-2-6-18(15)23-20/h1-2,4,6-8,12,17H,3,5,9-11,13-14H2. The summed E-state index contributed by atoms with van der Waals surface area (Å²) >= 11 is 1.84. The van der Waals surface area contributed by atoms with Crippen molar-refractivity contribution in [1.29, 1.82) is 0 Å². The van der Waals surface area contributed by atoms with Crippen molar-refractivity contribution in [3.8, 4) is 0 Å². The van der Waals surface area contributed by atoms with E-state index >= 15 is 0 Å². The van der Waals surface area contributed by atoms with Gasteiger partial charge < -0.3 is 4.90 Å². The van der Waals surface area contributed by atoms with E-state index in [2.05, 4.69) is 10.1 Å². The minimum atomic E-state index is -0.0746. The number of likely N-dealkylation sites (tertiary alicyclic amines) is 1. The molecular weight excluding hydrogens is 384 g/mol. The molecule has 29 heavy (non-hydrogen) atoms. The van der Waals surface area contributed by atoms with Crippen molar-refractivity contribution >= 4 is 28.6 Å². The minimum absolute atomic E-state index is 0.0306. The predicted octanol–water partition coefficient (Wildman–Crippen LogP) is 2.89. The number of benzene rings is 1. The first-order chi connectivity index (χ1) is 14.2. The van der Waals surface area contributed by atoms with Crippen LogP contribution in [0.25, 0.3) is 10.9 Å². The predicted molar refractivity (Wildman–Crippen MR) is 114 cm³/mol. The Morgan fingerprint density at radius 1 is 1.21 bits per heavy atom. The second kappa shape index (κ2) is 7.63. The molecule has 1 unspecified atom stereocenters. The van der Waals surface area contributed by atoms with E-state index < -0.39 is 0 Å². The summed E-state index contributed by atoms with van der Waals surface area (Å²) in [5.74, 6) is 1.83. The number of carbonyl (C=O) groups excluding carboxylic acids is 1. The minimum Gasteiger partial charge on any atom is -0.332 e. The zero-order valence-electron chi connectivity index (χ0n) is 16.1. The molecule has 148 valence electrons. The molecule has 1 aromatic carbocycles. The Balaban J connectivity index is 1.39. The molecule has 1 saturated heterocycles. The highest BCUT2D eigenvalue weighted by atomic mass is 32.2. The molecule has 3 aromatic rings. The third-order valence-electron chi connectivity index (χ3n) is 5.74. The Kier molecular flexibility index (Phi) is 4.83. The van der Waals surface area contributed by atoms with Gasteiger partial charge in [-0.3, -0.25) is 9.59 Å². The van der Waals surface area contributed by atoms with E-state index in [4.69, 9.17) is 0 Å². The van der Waals surface area contributed by atoms with Crippen LogP contribution in [-0.4, -0.2) is 43.9 Å². The van der Waals surface area contributed by atoms with Crippen molar-refractivity contribution in [2.75, 3.05) is 12.3 Å². The number of aromatic nitrogens is 3. The fraction of sp³-hybridized carbons (Fsp3) is 0.364. The SMILES string of the molecule is O=C(c1ccc2ccccc2n1)N1CCCC1Cn1nc2c(cc1=O)CSCC2. The summed E-state index contributed by atoms with van der Waals surface area (Å²) in [6.07, 6.45) is 2.70. The number of amides is 1. The maximum Gasteiger partial charge on any atom is 0.272 e. The van der Waals surface area contributed by atoms with Crippen LogP contribution in [0, 0.1) is 0 Å². The molecule has 0 saturated carbocycles. The van der Waals surface area contributed by atoms with Crippen molar-refractivity contribution in [2.45, 2.75) is 37.6 Å². The van der Waals surface area contributed by atoms with E-state index in [1.807, 2.05) is 47.0 Å². The van der Waals surface area contributed by atoms with E-state index in [0.717, 1.165) is 52.9 Å². The van der Waals surface area contributed by atoms with Gasteiger partial charge in [0, 0.05) is 30.2 Å². The van der Waals surface area contributed by atoms with Gasteiger partial charge in [-0.2, -0.15) is 16.9 Å². The Hall–Kier alpha value is -2.67. The first kappa shape index (κ1) is 18.4. The van der Waals surface area contributed by atoms with Gasteiger partial charge in [-0.05, 0) is 36.3 Å². The van der Waals surface area contributed by atoms with Crippen LogP contribution in [0.5, 0.6) is 0 Å². The van der Waals surface area contributed by atoms with Gasteiger partial charge in [0.25, 0.3) is 11.5 Å². The first-order valence-electron chi connectivity index (χ1n) is 10.0. The van der Waals surface area contributed by atoms with Crippen LogP contribution in [0.3, 0.4) is 0 Å². The van der Waals surface area contributed by atoms with Crippen molar-refractivity contribution in [1.82, 2.24) is 19.7 Å². The smallest absolute Gasteiger partial charge is 0.272 e. The lowest BCUT2D eigenvalue weighted by molar-refractivity contribution is 0.0714. The quantitative estimate of drug-likeness (QED) is 0.669. The monoisotopic (exact) mass is 406 g/mol. The Labute approximate surface area is 172 Å². The van der Waals surface area contributed by atoms with Gasteiger partial charge in [-0.25, -0.2) is 9.67 Å². The Morgan fingerprint density at radius 2 is 2.10 bits per heavy atom. The van der Waals surface area contributed by atoms with Crippen molar-refractivity contribution in [2.24, 2.45) is 0 Å². The number of hydrogen-bond donors (Lipinski definition) is 0. The summed E-state index contributed by atoms with van der Waals surface area (Å²) in [7, 11) is 0. The van der Waals surface area contributed by atoms with Gasteiger partial charge >= 0.3 is 0 Å². The van der Waals surface area contributed by atoms with Gasteiger partial charge in [0.2, 0.25) is 0 Å². The van der Waals surface area contributed by atoms with Gasteiger partial charge in [-0.1, -0.05) is 24.3 Å². The lowest BCUT2D eigenvalue weighted by Gasteiger charge is -2.25. The second-order valence-corrected chi connectivity index (χ2v) is 8.73. The molecule has 0 spiro atoms. The van der Waals surface area contributed by atoms with Crippen molar-refractivity contribution in [3.05, 3.63) is 69.8 Å². The number of pyridine rings is 1. The molecule has 2 aliphatic heterocycles. The van der Waals surface area contributed by atoms with Gasteiger partial charge in [0.15, 0.2) is 0 Å². The summed E-state index contributed by atoms with van der Waals surface area (Å²) in [4.78, 5) is 32.1. The van der Waals surface area contributed by atoms with Gasteiger partial charge in [0.1, 0.15) is 5.69 Å². The largest absolute Gasteiger partial charge is 0.332 e. The maximum atomic E-state index is 13.2. The van der Waals surface area contributed by atoms with Gasteiger partial charge in [-0.15, -0.1) is 0 Å². The second-order valence-electron chi connectivity index (χ2n) is 7.62. The van der Waals surface area contributed by atoms with Crippen molar-refractivity contribution < 1.29 is 4.79 Å². The van der Waals surface area contributed by atoms with Crippen LogP contribution in [0.4, 0.5) is 0 Å². The molecule has 5 rings (SSSR count). The molecule has 0 radical (unpaired) electrons. The van der Waals surface area contributed by atoms with Crippen LogP contribution in [0.15, 0.2) is 47.3 Å². The Bertz CT molecular complexity index is 1140. The molecular formula is C22H22N4O2S. The molecule has 2 aliphatic rings. The fourth-order valence-corrected chi connectivity index (χ4v) is 5.16. The molecule has 4 heterocycles. The number of fused-ring (bicyclic) bond motifs is 2. The van der Waals surface area contributed by atoms with Crippen LogP contribution < -0.4 is 5.56 Å². The highest BCUT2D eigenvalue weighted by Crippen LogP contribution is 2.24. The highest BCUT2D eigenvalue weighted by molar-refractivity contribution is 7.98. The van der Waals surface area contributed by atoms with Crippen LogP contribution in [-0.2, 0) is 18.7 Å². The molecule has 0 bridgehead atoms. The molecule has 1 fully saturated rings. The molecule has 1 amide bonds. The summed E-state index contributed by atoms with van der Waals surface area (Å²) in [5, 5.41) is 5.64. The Morgan fingerprint density at radius 3 is 3.03 bits per heavy atom. The number of rotatable bonds is 3. The van der Waals surface area contributed by atoms with E-state index in [0.29, 0.717) is 18.8 Å². The number of carbonyl (C=O) groups is 1. The number of para-hydroxylation sites is 1. The molecule has 6 nitrogen and oxygen atoms in total. The summed E-state index contributed by atoms with van der Waals surface area (Å²) in [6.45, 7) is 1.13. The molecule has 2 aromatic heterocycles. The zero-order valence-corrected chi connectivity index (χ0v) is 16.9. The normalized spacial score (nSPS) is 18.8.